The molecule has 0 fully saturated rings. The Balaban J connectivity index is 2.63. The molecule has 1 rings (SSSR count). The minimum Gasteiger partial charge on any atom is -0.213 e. The van der Waals surface area contributed by atoms with E-state index in [9.17, 15) is 8.42 Å². The Labute approximate surface area is 102 Å². The molecule has 0 unspecified atom stereocenters. The van der Waals surface area contributed by atoms with Crippen LogP contribution in [-0.2, 0) is 15.8 Å². The van der Waals surface area contributed by atoms with Crippen molar-refractivity contribution in [2.75, 3.05) is 6.54 Å². The third-order valence-corrected chi connectivity index (χ3v) is 3.53. The van der Waals surface area contributed by atoms with Crippen LogP contribution in [0.4, 0.5) is 0 Å². The number of hydrogen-bond acceptors (Lipinski definition) is 3. The minimum atomic E-state index is -3.38. The van der Waals surface area contributed by atoms with E-state index in [0.717, 1.165) is 5.56 Å². The molecule has 0 saturated carbocycles. The molecule has 0 amide bonds. The van der Waals surface area contributed by atoms with Crippen molar-refractivity contribution >= 4 is 10.0 Å². The molecule has 0 aliphatic carbocycles. The second kappa shape index (κ2) is 5.30. The van der Waals surface area contributed by atoms with Gasteiger partial charge < -0.3 is 0 Å². The van der Waals surface area contributed by atoms with Crippen molar-refractivity contribution in [3.63, 3.8) is 0 Å². The van der Waals surface area contributed by atoms with Gasteiger partial charge in [-0.25, -0.2) is 13.1 Å². The first-order valence-electron chi connectivity index (χ1n) is 5.27. The molecule has 4 nitrogen and oxygen atoms in total. The molecule has 0 aliphatic heterocycles. The van der Waals surface area contributed by atoms with Crippen LogP contribution in [0.5, 0.6) is 0 Å². The van der Waals surface area contributed by atoms with E-state index in [-0.39, 0.29) is 12.3 Å². The lowest BCUT2D eigenvalue weighted by Crippen LogP contribution is -2.33. The highest BCUT2D eigenvalue weighted by Crippen LogP contribution is 2.12. The molecular formula is C12H16N2O2S. The summed E-state index contributed by atoms with van der Waals surface area (Å²) in [5.74, 6) is -0.0602. The van der Waals surface area contributed by atoms with Gasteiger partial charge in [0.2, 0.25) is 10.0 Å². The highest BCUT2D eigenvalue weighted by atomic mass is 32.2. The van der Waals surface area contributed by atoms with Crippen molar-refractivity contribution in [1.29, 1.82) is 5.26 Å². The Morgan fingerprint density at radius 3 is 2.41 bits per heavy atom. The molecule has 1 aromatic carbocycles. The van der Waals surface area contributed by atoms with Gasteiger partial charge in [0.05, 0.1) is 17.2 Å². The maximum atomic E-state index is 11.7. The Kier molecular flexibility index (Phi) is 4.27. The fraction of sp³-hybridized carbons (Fsp3) is 0.417. The van der Waals surface area contributed by atoms with Crippen LogP contribution < -0.4 is 4.72 Å². The molecule has 0 saturated heterocycles. The average Bonchev–Trinajstić information content (AvgIpc) is 2.28. The molecule has 0 aliphatic rings. The summed E-state index contributed by atoms with van der Waals surface area (Å²) in [6, 6.07) is 11.0. The Bertz CT molecular complexity index is 501. The largest absolute Gasteiger partial charge is 0.215 e. The first-order valence-corrected chi connectivity index (χ1v) is 6.92. The zero-order valence-electron chi connectivity index (χ0n) is 9.97. The predicted octanol–water partition coefficient (Wildman–Crippen LogP) is 1.66. The van der Waals surface area contributed by atoms with Crippen molar-refractivity contribution in [1.82, 2.24) is 4.72 Å². The number of nitriles is 1. The van der Waals surface area contributed by atoms with E-state index in [2.05, 4.69) is 10.8 Å². The highest BCUT2D eigenvalue weighted by Gasteiger charge is 2.20. The lowest BCUT2D eigenvalue weighted by Gasteiger charge is -2.15. The quantitative estimate of drug-likeness (QED) is 0.866. The molecular weight excluding hydrogens is 236 g/mol. The maximum absolute atomic E-state index is 11.7. The van der Waals surface area contributed by atoms with E-state index in [1.54, 1.807) is 38.1 Å². The van der Waals surface area contributed by atoms with Crippen molar-refractivity contribution in [3.05, 3.63) is 35.9 Å². The van der Waals surface area contributed by atoms with Gasteiger partial charge in [-0.2, -0.15) is 5.26 Å². The van der Waals surface area contributed by atoms with E-state index in [1.165, 1.54) is 0 Å². The monoisotopic (exact) mass is 252 g/mol. The van der Waals surface area contributed by atoms with Crippen LogP contribution in [-0.4, -0.2) is 15.0 Å². The van der Waals surface area contributed by atoms with Crippen LogP contribution >= 0.6 is 0 Å². The van der Waals surface area contributed by atoms with Crippen LogP contribution in [0.15, 0.2) is 30.3 Å². The maximum Gasteiger partial charge on any atom is 0.215 e. The molecule has 0 radical (unpaired) electrons. The molecule has 17 heavy (non-hydrogen) atoms. The summed E-state index contributed by atoms with van der Waals surface area (Å²) in [5, 5.41) is 8.80. The van der Waals surface area contributed by atoms with E-state index < -0.39 is 15.4 Å². The fourth-order valence-corrected chi connectivity index (χ4v) is 2.49. The zero-order chi connectivity index (χ0) is 12.9. The lowest BCUT2D eigenvalue weighted by molar-refractivity contribution is 0.478. The fourth-order valence-electron chi connectivity index (χ4n) is 1.17. The predicted molar refractivity (Wildman–Crippen MR) is 66.5 cm³/mol. The first-order chi connectivity index (χ1) is 7.85. The standard InChI is InChI=1S/C12H16N2O2S/c1-12(2,9-13)10-14-17(15,16)8-11-6-4-3-5-7-11/h3-7,14H,8,10H2,1-2H3. The van der Waals surface area contributed by atoms with Crippen LogP contribution in [0.3, 0.4) is 0 Å². The van der Waals surface area contributed by atoms with Gasteiger partial charge in [-0.3, -0.25) is 0 Å². The summed E-state index contributed by atoms with van der Waals surface area (Å²) in [7, 11) is -3.38. The Hall–Kier alpha value is -1.38. The SMILES string of the molecule is CC(C)(C#N)CNS(=O)(=O)Cc1ccccc1. The van der Waals surface area contributed by atoms with E-state index in [0.29, 0.717) is 0 Å². The average molecular weight is 252 g/mol. The molecule has 5 heteroatoms. The Morgan fingerprint density at radius 2 is 1.88 bits per heavy atom. The molecule has 1 N–H and O–H groups in total. The second-order valence-corrected chi connectivity index (χ2v) is 6.37. The summed E-state index contributed by atoms with van der Waals surface area (Å²) >= 11 is 0. The van der Waals surface area contributed by atoms with Crippen molar-refractivity contribution in [2.45, 2.75) is 19.6 Å². The number of sulfonamides is 1. The summed E-state index contributed by atoms with van der Waals surface area (Å²) < 4.78 is 25.9. The molecule has 0 bridgehead atoms. The number of benzene rings is 1. The van der Waals surface area contributed by atoms with Crippen LogP contribution in [0, 0.1) is 16.7 Å². The lowest BCUT2D eigenvalue weighted by atomic mass is 9.97. The zero-order valence-corrected chi connectivity index (χ0v) is 10.8. The van der Waals surface area contributed by atoms with E-state index >= 15 is 0 Å². The third-order valence-electron chi connectivity index (χ3n) is 2.24. The smallest absolute Gasteiger partial charge is 0.213 e. The van der Waals surface area contributed by atoms with Gasteiger partial charge in [0, 0.05) is 6.54 Å². The molecule has 0 spiro atoms. The van der Waals surface area contributed by atoms with E-state index in [4.69, 9.17) is 5.26 Å². The molecule has 1 aromatic rings. The van der Waals surface area contributed by atoms with Gasteiger partial charge in [0.25, 0.3) is 0 Å². The molecule has 92 valence electrons. The molecule has 0 aromatic heterocycles. The van der Waals surface area contributed by atoms with Gasteiger partial charge in [0.1, 0.15) is 0 Å². The Morgan fingerprint density at radius 1 is 1.29 bits per heavy atom. The van der Waals surface area contributed by atoms with E-state index in [1.807, 2.05) is 6.07 Å². The van der Waals surface area contributed by atoms with Crippen molar-refractivity contribution in [2.24, 2.45) is 5.41 Å². The van der Waals surface area contributed by atoms with Gasteiger partial charge in [-0.05, 0) is 19.4 Å². The first kappa shape index (κ1) is 13.7. The van der Waals surface area contributed by atoms with Gasteiger partial charge in [0.15, 0.2) is 0 Å². The third kappa shape index (κ3) is 4.98. The van der Waals surface area contributed by atoms with Crippen LogP contribution in [0.1, 0.15) is 19.4 Å². The summed E-state index contributed by atoms with van der Waals surface area (Å²) in [6.45, 7) is 3.51. The highest BCUT2D eigenvalue weighted by molar-refractivity contribution is 7.88. The van der Waals surface area contributed by atoms with Crippen molar-refractivity contribution < 1.29 is 8.42 Å². The van der Waals surface area contributed by atoms with Gasteiger partial charge >= 0.3 is 0 Å². The molecule has 0 atom stereocenters. The van der Waals surface area contributed by atoms with Crippen molar-refractivity contribution in [3.8, 4) is 6.07 Å². The number of nitrogens with zero attached hydrogens (tertiary/aromatic N) is 1. The number of hydrogen-bond donors (Lipinski definition) is 1. The number of nitrogens with one attached hydrogen (secondary N) is 1. The minimum absolute atomic E-state index is 0.0602. The topological polar surface area (TPSA) is 70.0 Å². The second-order valence-electron chi connectivity index (χ2n) is 4.56. The molecule has 0 heterocycles. The summed E-state index contributed by atoms with van der Waals surface area (Å²) in [4.78, 5) is 0. The van der Waals surface area contributed by atoms with Crippen LogP contribution in [0.2, 0.25) is 0 Å². The normalized spacial score (nSPS) is 12.1. The summed E-state index contributed by atoms with van der Waals surface area (Å²) in [6.07, 6.45) is 0. The van der Waals surface area contributed by atoms with Gasteiger partial charge in [-0.15, -0.1) is 0 Å². The van der Waals surface area contributed by atoms with Gasteiger partial charge in [-0.1, -0.05) is 30.3 Å². The summed E-state index contributed by atoms with van der Waals surface area (Å²) in [5.41, 5.74) is 0.0405. The number of rotatable bonds is 5. The van der Waals surface area contributed by atoms with Crippen LogP contribution in [0.25, 0.3) is 0 Å².